The second kappa shape index (κ2) is 5.98. The molecule has 1 aromatic carbocycles. The summed E-state index contributed by atoms with van der Waals surface area (Å²) in [6.07, 6.45) is 2.08. The molecule has 1 amide bonds. The van der Waals surface area contributed by atoms with Crippen LogP contribution in [0.25, 0.3) is 6.08 Å². The van der Waals surface area contributed by atoms with Gasteiger partial charge in [-0.25, -0.2) is 0 Å². The molecule has 3 nitrogen and oxygen atoms in total. The third-order valence-electron chi connectivity index (χ3n) is 1.92. The van der Waals surface area contributed by atoms with E-state index in [-0.39, 0.29) is 12.5 Å². The van der Waals surface area contributed by atoms with Gasteiger partial charge < -0.3 is 11.1 Å². The Balaban J connectivity index is 2.43. The molecule has 0 aliphatic rings. The first-order valence-corrected chi connectivity index (χ1v) is 4.90. The van der Waals surface area contributed by atoms with Crippen LogP contribution in [0.1, 0.15) is 12.5 Å². The van der Waals surface area contributed by atoms with E-state index in [1.807, 2.05) is 37.3 Å². The van der Waals surface area contributed by atoms with E-state index in [0.29, 0.717) is 6.54 Å². The third-order valence-corrected chi connectivity index (χ3v) is 1.92. The Bertz CT molecular complexity index is 344. The van der Waals surface area contributed by atoms with Gasteiger partial charge in [0.25, 0.3) is 0 Å². The highest BCUT2D eigenvalue weighted by molar-refractivity contribution is 5.75. The third kappa shape index (κ3) is 4.98. The molecule has 0 bridgehead atoms. The highest BCUT2D eigenvalue weighted by Crippen LogP contribution is 2.04. The lowest BCUT2D eigenvalue weighted by Gasteiger charge is -2.02. The van der Waals surface area contributed by atoms with Crippen molar-refractivity contribution < 1.29 is 4.79 Å². The van der Waals surface area contributed by atoms with Crippen molar-refractivity contribution in [2.75, 3.05) is 13.1 Å². The summed E-state index contributed by atoms with van der Waals surface area (Å²) in [5.41, 5.74) is 7.34. The molecule has 0 aromatic heterocycles. The van der Waals surface area contributed by atoms with Crippen LogP contribution in [0.4, 0.5) is 0 Å². The molecule has 0 fully saturated rings. The number of carbonyl (C=O) groups excluding carboxylic acids is 1. The zero-order chi connectivity index (χ0) is 11.1. The Morgan fingerprint density at radius 3 is 2.60 bits per heavy atom. The van der Waals surface area contributed by atoms with E-state index in [1.165, 1.54) is 5.57 Å². The number of benzene rings is 1. The summed E-state index contributed by atoms with van der Waals surface area (Å²) < 4.78 is 0. The van der Waals surface area contributed by atoms with Crippen LogP contribution < -0.4 is 11.1 Å². The van der Waals surface area contributed by atoms with Crippen LogP contribution in [0.2, 0.25) is 0 Å². The fourth-order valence-corrected chi connectivity index (χ4v) is 1.27. The summed E-state index contributed by atoms with van der Waals surface area (Å²) in [6.45, 7) is 2.92. The maximum Gasteiger partial charge on any atom is 0.231 e. The van der Waals surface area contributed by atoms with Crippen molar-refractivity contribution >= 4 is 12.0 Å². The topological polar surface area (TPSA) is 55.1 Å². The Kier molecular flexibility index (Phi) is 4.57. The number of primary amides is 1. The second-order valence-corrected chi connectivity index (χ2v) is 3.47. The smallest absolute Gasteiger partial charge is 0.231 e. The van der Waals surface area contributed by atoms with Gasteiger partial charge in [-0.15, -0.1) is 0 Å². The number of rotatable bonds is 5. The van der Waals surface area contributed by atoms with E-state index in [2.05, 4.69) is 11.4 Å². The van der Waals surface area contributed by atoms with E-state index in [4.69, 9.17) is 5.73 Å². The average Bonchev–Trinajstić information content (AvgIpc) is 2.18. The number of hydrogen-bond acceptors (Lipinski definition) is 2. The van der Waals surface area contributed by atoms with Crippen LogP contribution in [0.15, 0.2) is 35.9 Å². The minimum atomic E-state index is -0.331. The molecule has 3 N–H and O–H groups in total. The van der Waals surface area contributed by atoms with Crippen molar-refractivity contribution in [3.63, 3.8) is 0 Å². The number of nitrogens with two attached hydrogens (primary N) is 1. The minimum absolute atomic E-state index is 0.222. The van der Waals surface area contributed by atoms with Crippen molar-refractivity contribution in [2.45, 2.75) is 6.92 Å². The maximum absolute atomic E-state index is 10.5. The Hall–Kier alpha value is -1.61. The summed E-state index contributed by atoms with van der Waals surface area (Å²) in [7, 11) is 0. The van der Waals surface area contributed by atoms with Gasteiger partial charge in [0.2, 0.25) is 5.91 Å². The molecule has 0 atom stereocenters. The molecule has 0 heterocycles. The minimum Gasteiger partial charge on any atom is -0.369 e. The normalized spacial score (nSPS) is 11.4. The van der Waals surface area contributed by atoms with Crippen LogP contribution in [-0.2, 0) is 4.79 Å². The van der Waals surface area contributed by atoms with Crippen molar-refractivity contribution in [1.29, 1.82) is 0 Å². The first kappa shape index (κ1) is 11.5. The van der Waals surface area contributed by atoms with Crippen LogP contribution >= 0.6 is 0 Å². The lowest BCUT2D eigenvalue weighted by Crippen LogP contribution is -2.29. The summed E-state index contributed by atoms with van der Waals surface area (Å²) in [6, 6.07) is 10.1. The van der Waals surface area contributed by atoms with E-state index < -0.39 is 0 Å². The zero-order valence-corrected chi connectivity index (χ0v) is 8.86. The zero-order valence-electron chi connectivity index (χ0n) is 8.86. The molecule has 1 aromatic rings. The molecule has 0 aliphatic heterocycles. The van der Waals surface area contributed by atoms with E-state index in [9.17, 15) is 4.79 Å². The quantitative estimate of drug-likeness (QED) is 0.756. The summed E-state index contributed by atoms with van der Waals surface area (Å²) in [5, 5.41) is 2.96. The largest absolute Gasteiger partial charge is 0.369 e. The Morgan fingerprint density at radius 2 is 2.00 bits per heavy atom. The van der Waals surface area contributed by atoms with Crippen molar-refractivity contribution in [3.8, 4) is 0 Å². The molecule has 15 heavy (non-hydrogen) atoms. The van der Waals surface area contributed by atoms with Crippen molar-refractivity contribution in [1.82, 2.24) is 5.32 Å². The number of hydrogen-bond donors (Lipinski definition) is 2. The molecule has 0 spiro atoms. The summed E-state index contributed by atoms with van der Waals surface area (Å²) in [5.74, 6) is -0.331. The molecule has 1 rings (SSSR count). The van der Waals surface area contributed by atoms with Gasteiger partial charge in [-0.3, -0.25) is 4.79 Å². The molecule has 0 unspecified atom stereocenters. The molecular formula is C12H16N2O. The van der Waals surface area contributed by atoms with Crippen LogP contribution in [0, 0.1) is 0 Å². The SMILES string of the molecule is CC(=Cc1ccccc1)CNCC(N)=O. The average molecular weight is 204 g/mol. The van der Waals surface area contributed by atoms with Gasteiger partial charge in [-0.05, 0) is 12.5 Å². The van der Waals surface area contributed by atoms with Crippen LogP contribution in [0.3, 0.4) is 0 Å². The molecular weight excluding hydrogens is 188 g/mol. The van der Waals surface area contributed by atoms with Gasteiger partial charge in [0, 0.05) is 6.54 Å². The fraction of sp³-hybridized carbons (Fsp3) is 0.250. The number of carbonyl (C=O) groups is 1. The van der Waals surface area contributed by atoms with Gasteiger partial charge in [-0.2, -0.15) is 0 Å². The lowest BCUT2D eigenvalue weighted by molar-refractivity contribution is -0.117. The fourth-order valence-electron chi connectivity index (χ4n) is 1.27. The highest BCUT2D eigenvalue weighted by atomic mass is 16.1. The molecule has 0 saturated heterocycles. The monoisotopic (exact) mass is 204 g/mol. The van der Waals surface area contributed by atoms with E-state index in [1.54, 1.807) is 0 Å². The van der Waals surface area contributed by atoms with Gasteiger partial charge in [0.1, 0.15) is 0 Å². The first-order valence-electron chi connectivity index (χ1n) is 4.90. The highest BCUT2D eigenvalue weighted by Gasteiger charge is 1.94. The van der Waals surface area contributed by atoms with Crippen molar-refractivity contribution in [2.24, 2.45) is 5.73 Å². The molecule has 80 valence electrons. The van der Waals surface area contributed by atoms with Gasteiger partial charge in [0.15, 0.2) is 0 Å². The maximum atomic E-state index is 10.5. The molecule has 0 radical (unpaired) electrons. The molecule has 3 heteroatoms. The van der Waals surface area contributed by atoms with Gasteiger partial charge in [-0.1, -0.05) is 42.0 Å². The predicted octanol–water partition coefficient (Wildman–Crippen LogP) is 1.16. The number of amides is 1. The molecule has 0 saturated carbocycles. The van der Waals surface area contributed by atoms with Gasteiger partial charge >= 0.3 is 0 Å². The second-order valence-electron chi connectivity index (χ2n) is 3.47. The first-order chi connectivity index (χ1) is 7.18. The van der Waals surface area contributed by atoms with Crippen LogP contribution in [0.5, 0.6) is 0 Å². The summed E-state index contributed by atoms with van der Waals surface area (Å²) >= 11 is 0. The van der Waals surface area contributed by atoms with Crippen LogP contribution in [-0.4, -0.2) is 19.0 Å². The number of nitrogens with one attached hydrogen (secondary N) is 1. The van der Waals surface area contributed by atoms with E-state index >= 15 is 0 Å². The predicted molar refractivity (Wildman–Crippen MR) is 62.2 cm³/mol. The Morgan fingerprint density at radius 1 is 1.33 bits per heavy atom. The summed E-state index contributed by atoms with van der Waals surface area (Å²) in [4.78, 5) is 10.5. The van der Waals surface area contributed by atoms with E-state index in [0.717, 1.165) is 5.56 Å². The molecule has 0 aliphatic carbocycles. The van der Waals surface area contributed by atoms with Crippen molar-refractivity contribution in [3.05, 3.63) is 41.5 Å². The van der Waals surface area contributed by atoms with Gasteiger partial charge in [0.05, 0.1) is 6.54 Å². The Labute approximate surface area is 90.0 Å². The standard InChI is InChI=1S/C12H16N2O/c1-10(8-14-9-12(13)15)7-11-5-3-2-4-6-11/h2-7,14H,8-9H2,1H3,(H2,13,15). The lowest BCUT2D eigenvalue weighted by atomic mass is 10.1.